The number of rotatable bonds is 4. The van der Waals surface area contributed by atoms with E-state index in [9.17, 15) is 8.42 Å². The van der Waals surface area contributed by atoms with Crippen molar-refractivity contribution >= 4 is 43.2 Å². The van der Waals surface area contributed by atoms with Gasteiger partial charge in [0.15, 0.2) is 0 Å². The van der Waals surface area contributed by atoms with Crippen LogP contribution >= 0.6 is 27.5 Å². The first kappa shape index (κ1) is 13.8. The molecule has 16 heavy (non-hydrogen) atoms. The van der Waals surface area contributed by atoms with Gasteiger partial charge in [-0.25, -0.2) is 8.42 Å². The average Bonchev–Trinajstić information content (AvgIpc) is 2.22. The Bertz CT molecular complexity index is 478. The molecular formula is C9H12BrClN2O2S. The SMILES string of the molecule is CC(CN)S(=O)(=O)Nc1ccc(Cl)c(Br)c1. The maximum absolute atomic E-state index is 11.7. The Morgan fingerprint density at radius 1 is 1.56 bits per heavy atom. The van der Waals surface area contributed by atoms with Crippen LogP contribution in [0.1, 0.15) is 6.92 Å². The van der Waals surface area contributed by atoms with Gasteiger partial charge in [-0.2, -0.15) is 0 Å². The summed E-state index contributed by atoms with van der Waals surface area (Å²) in [6.45, 7) is 1.62. The zero-order valence-corrected chi connectivity index (χ0v) is 11.7. The molecule has 0 bridgehead atoms. The van der Waals surface area contributed by atoms with Crippen molar-refractivity contribution < 1.29 is 8.42 Å². The summed E-state index contributed by atoms with van der Waals surface area (Å²) in [4.78, 5) is 0. The molecule has 1 rings (SSSR count). The molecule has 0 amide bonds. The zero-order chi connectivity index (χ0) is 12.3. The van der Waals surface area contributed by atoms with Crippen molar-refractivity contribution in [2.45, 2.75) is 12.2 Å². The fraction of sp³-hybridized carbons (Fsp3) is 0.333. The number of anilines is 1. The van der Waals surface area contributed by atoms with Gasteiger partial charge in [-0.15, -0.1) is 0 Å². The Morgan fingerprint density at radius 3 is 2.69 bits per heavy atom. The summed E-state index contributed by atoms with van der Waals surface area (Å²) in [5, 5.41) is -0.114. The summed E-state index contributed by atoms with van der Waals surface area (Å²) in [6, 6.07) is 4.80. The van der Waals surface area contributed by atoms with Gasteiger partial charge in [0.2, 0.25) is 10.0 Å². The molecule has 1 unspecified atom stereocenters. The van der Waals surface area contributed by atoms with Crippen LogP contribution in [0.4, 0.5) is 5.69 Å². The highest BCUT2D eigenvalue weighted by molar-refractivity contribution is 9.10. The summed E-state index contributed by atoms with van der Waals surface area (Å²) in [7, 11) is -3.43. The highest BCUT2D eigenvalue weighted by Gasteiger charge is 2.19. The van der Waals surface area contributed by atoms with E-state index in [2.05, 4.69) is 20.7 Å². The van der Waals surface area contributed by atoms with Crippen molar-refractivity contribution in [2.75, 3.05) is 11.3 Å². The van der Waals surface area contributed by atoms with Crippen LogP contribution in [0.2, 0.25) is 5.02 Å². The Balaban J connectivity index is 2.93. The van der Waals surface area contributed by atoms with E-state index in [1.54, 1.807) is 25.1 Å². The van der Waals surface area contributed by atoms with E-state index in [0.29, 0.717) is 15.2 Å². The van der Waals surface area contributed by atoms with Crippen molar-refractivity contribution in [1.29, 1.82) is 0 Å². The monoisotopic (exact) mass is 326 g/mol. The van der Waals surface area contributed by atoms with E-state index in [1.807, 2.05) is 0 Å². The summed E-state index contributed by atoms with van der Waals surface area (Å²) in [5.41, 5.74) is 5.77. The minimum Gasteiger partial charge on any atom is -0.329 e. The zero-order valence-electron chi connectivity index (χ0n) is 8.57. The van der Waals surface area contributed by atoms with Crippen molar-refractivity contribution in [2.24, 2.45) is 5.73 Å². The van der Waals surface area contributed by atoms with Crippen LogP contribution in [0.3, 0.4) is 0 Å². The molecule has 0 aliphatic rings. The summed E-state index contributed by atoms with van der Waals surface area (Å²) in [5.74, 6) is 0. The number of hydrogen-bond acceptors (Lipinski definition) is 3. The number of hydrogen-bond donors (Lipinski definition) is 2. The van der Waals surface area contributed by atoms with Gasteiger partial charge < -0.3 is 5.73 Å². The van der Waals surface area contributed by atoms with Crippen LogP contribution in [0.25, 0.3) is 0 Å². The molecule has 0 spiro atoms. The number of benzene rings is 1. The molecule has 3 N–H and O–H groups in total. The third kappa shape index (κ3) is 3.35. The molecule has 0 radical (unpaired) electrons. The van der Waals surface area contributed by atoms with E-state index in [0.717, 1.165) is 0 Å². The first-order valence-electron chi connectivity index (χ1n) is 4.53. The van der Waals surface area contributed by atoms with Gasteiger partial charge in [0.25, 0.3) is 0 Å². The van der Waals surface area contributed by atoms with Crippen LogP contribution in [0.5, 0.6) is 0 Å². The van der Waals surface area contributed by atoms with E-state index < -0.39 is 15.3 Å². The lowest BCUT2D eigenvalue weighted by molar-refractivity contribution is 0.589. The highest BCUT2D eigenvalue weighted by Crippen LogP contribution is 2.26. The molecule has 0 saturated heterocycles. The van der Waals surface area contributed by atoms with E-state index in [-0.39, 0.29) is 6.54 Å². The van der Waals surface area contributed by atoms with E-state index >= 15 is 0 Å². The van der Waals surface area contributed by atoms with Gasteiger partial charge in [-0.05, 0) is 41.1 Å². The normalized spacial score (nSPS) is 13.5. The second-order valence-electron chi connectivity index (χ2n) is 3.32. The topological polar surface area (TPSA) is 72.2 Å². The minimum atomic E-state index is -3.43. The molecule has 1 atom stereocenters. The molecule has 1 aromatic carbocycles. The van der Waals surface area contributed by atoms with Crippen LogP contribution in [0.15, 0.2) is 22.7 Å². The maximum atomic E-state index is 11.7. The molecule has 4 nitrogen and oxygen atoms in total. The molecule has 0 saturated carbocycles. The second-order valence-corrected chi connectivity index (χ2v) is 6.68. The first-order chi connectivity index (χ1) is 7.36. The standard InChI is InChI=1S/C9H12BrClN2O2S/c1-6(5-12)16(14,15)13-7-2-3-9(11)8(10)4-7/h2-4,6,13H,5,12H2,1H3. The Kier molecular flexibility index (Phi) is 4.61. The first-order valence-corrected chi connectivity index (χ1v) is 7.25. The van der Waals surface area contributed by atoms with Gasteiger partial charge in [-0.3, -0.25) is 4.72 Å². The smallest absolute Gasteiger partial charge is 0.236 e. The Morgan fingerprint density at radius 2 is 2.19 bits per heavy atom. The molecule has 1 aromatic rings. The predicted octanol–water partition coefficient (Wildman–Crippen LogP) is 2.19. The van der Waals surface area contributed by atoms with Crippen LogP contribution in [0, 0.1) is 0 Å². The van der Waals surface area contributed by atoms with Gasteiger partial charge >= 0.3 is 0 Å². The van der Waals surface area contributed by atoms with E-state index in [4.69, 9.17) is 17.3 Å². The summed E-state index contributed by atoms with van der Waals surface area (Å²) < 4.78 is 26.5. The van der Waals surface area contributed by atoms with Crippen LogP contribution in [-0.4, -0.2) is 20.2 Å². The lowest BCUT2D eigenvalue weighted by atomic mass is 10.3. The third-order valence-electron chi connectivity index (χ3n) is 2.04. The van der Waals surface area contributed by atoms with Crippen LogP contribution < -0.4 is 10.5 Å². The van der Waals surface area contributed by atoms with Gasteiger partial charge in [0.1, 0.15) is 0 Å². The molecule has 0 aliphatic heterocycles. The van der Waals surface area contributed by atoms with Gasteiger partial charge in [-0.1, -0.05) is 11.6 Å². The molecular weight excluding hydrogens is 316 g/mol. The fourth-order valence-corrected chi connectivity index (χ4v) is 2.36. The van der Waals surface area contributed by atoms with Gasteiger partial charge in [0.05, 0.1) is 10.3 Å². The molecule has 0 heterocycles. The number of halogens is 2. The predicted molar refractivity (Wildman–Crippen MR) is 70.2 cm³/mol. The van der Waals surface area contributed by atoms with Gasteiger partial charge in [0, 0.05) is 16.7 Å². The third-order valence-corrected chi connectivity index (χ3v) is 5.03. The number of nitrogens with one attached hydrogen (secondary N) is 1. The largest absolute Gasteiger partial charge is 0.329 e. The lowest BCUT2D eigenvalue weighted by Crippen LogP contribution is -2.31. The quantitative estimate of drug-likeness (QED) is 0.890. The minimum absolute atomic E-state index is 0.0735. The number of nitrogens with two attached hydrogens (primary N) is 1. The Labute approximate surface area is 108 Å². The van der Waals surface area contributed by atoms with Crippen molar-refractivity contribution in [3.63, 3.8) is 0 Å². The van der Waals surface area contributed by atoms with E-state index in [1.165, 1.54) is 0 Å². The number of sulfonamides is 1. The van der Waals surface area contributed by atoms with Crippen molar-refractivity contribution in [1.82, 2.24) is 0 Å². The molecule has 90 valence electrons. The molecule has 0 aliphatic carbocycles. The summed E-state index contributed by atoms with van der Waals surface area (Å²) in [6.07, 6.45) is 0. The molecule has 0 aromatic heterocycles. The second kappa shape index (κ2) is 5.35. The van der Waals surface area contributed by atoms with Crippen molar-refractivity contribution in [3.8, 4) is 0 Å². The fourth-order valence-electron chi connectivity index (χ4n) is 0.951. The van der Waals surface area contributed by atoms with Crippen molar-refractivity contribution in [3.05, 3.63) is 27.7 Å². The lowest BCUT2D eigenvalue weighted by Gasteiger charge is -2.13. The average molecular weight is 328 g/mol. The summed E-state index contributed by atoms with van der Waals surface area (Å²) >= 11 is 9.01. The maximum Gasteiger partial charge on any atom is 0.236 e. The Hall–Kier alpha value is -0.300. The highest BCUT2D eigenvalue weighted by atomic mass is 79.9. The molecule has 7 heteroatoms. The molecule has 0 fully saturated rings. The van der Waals surface area contributed by atoms with Crippen LogP contribution in [-0.2, 0) is 10.0 Å².